The van der Waals surface area contributed by atoms with Crippen molar-refractivity contribution in [2.45, 2.75) is 19.3 Å². The minimum Gasteiger partial charge on any atom is -0.326 e. The van der Waals surface area contributed by atoms with E-state index in [1.165, 1.54) is 6.07 Å². The van der Waals surface area contributed by atoms with Gasteiger partial charge in [0.2, 0.25) is 5.91 Å². The van der Waals surface area contributed by atoms with Crippen LogP contribution in [0.5, 0.6) is 0 Å². The van der Waals surface area contributed by atoms with E-state index in [1.807, 2.05) is 0 Å². The van der Waals surface area contributed by atoms with Gasteiger partial charge < -0.3 is 10.6 Å². The molecule has 0 bridgehead atoms. The predicted molar refractivity (Wildman–Crippen MR) is 72.9 cm³/mol. The Balaban J connectivity index is 1.88. The molecule has 1 saturated heterocycles. The second-order valence-corrected chi connectivity index (χ2v) is 5.45. The largest absolute Gasteiger partial charge is 0.326 e. The first-order valence-corrected chi connectivity index (χ1v) is 6.90. The van der Waals surface area contributed by atoms with Crippen molar-refractivity contribution in [1.82, 2.24) is 5.32 Å². The SMILES string of the molecule is O=C(CC1CCCNC1)Nc1ccc(Br)c(F)c1. The topological polar surface area (TPSA) is 41.1 Å². The van der Waals surface area contributed by atoms with Gasteiger partial charge in [-0.3, -0.25) is 4.79 Å². The highest BCUT2D eigenvalue weighted by molar-refractivity contribution is 9.10. The van der Waals surface area contributed by atoms with E-state index in [-0.39, 0.29) is 11.7 Å². The zero-order valence-electron chi connectivity index (χ0n) is 10.0. The van der Waals surface area contributed by atoms with Gasteiger partial charge in [0, 0.05) is 12.1 Å². The quantitative estimate of drug-likeness (QED) is 0.900. The van der Waals surface area contributed by atoms with Crippen LogP contribution in [0.4, 0.5) is 10.1 Å². The molecule has 0 radical (unpaired) electrons. The van der Waals surface area contributed by atoms with Gasteiger partial charge in [-0.05, 0) is 66.0 Å². The molecule has 1 fully saturated rings. The number of rotatable bonds is 3. The number of anilines is 1. The number of piperidine rings is 1. The summed E-state index contributed by atoms with van der Waals surface area (Å²) in [4.78, 5) is 11.8. The lowest BCUT2D eigenvalue weighted by molar-refractivity contribution is -0.117. The molecule has 1 atom stereocenters. The Morgan fingerprint density at radius 3 is 3.06 bits per heavy atom. The van der Waals surface area contributed by atoms with Crippen LogP contribution in [0, 0.1) is 11.7 Å². The Morgan fingerprint density at radius 1 is 1.56 bits per heavy atom. The monoisotopic (exact) mass is 314 g/mol. The highest BCUT2D eigenvalue weighted by Crippen LogP contribution is 2.20. The number of benzene rings is 1. The van der Waals surface area contributed by atoms with Crippen LogP contribution in [0.25, 0.3) is 0 Å². The highest BCUT2D eigenvalue weighted by Gasteiger charge is 2.16. The van der Waals surface area contributed by atoms with E-state index in [0.717, 1.165) is 25.9 Å². The Morgan fingerprint density at radius 2 is 2.39 bits per heavy atom. The molecule has 0 saturated carbocycles. The number of hydrogen-bond acceptors (Lipinski definition) is 2. The van der Waals surface area contributed by atoms with E-state index in [1.54, 1.807) is 12.1 Å². The molecule has 1 aliphatic heterocycles. The Labute approximate surface area is 114 Å². The lowest BCUT2D eigenvalue weighted by Crippen LogP contribution is -2.32. The first-order chi connectivity index (χ1) is 8.65. The third-order valence-corrected chi connectivity index (χ3v) is 3.72. The van der Waals surface area contributed by atoms with Gasteiger partial charge in [-0.1, -0.05) is 0 Å². The molecule has 1 amide bonds. The molecule has 2 N–H and O–H groups in total. The van der Waals surface area contributed by atoms with Crippen LogP contribution in [0.1, 0.15) is 19.3 Å². The van der Waals surface area contributed by atoms with Crippen molar-refractivity contribution in [1.29, 1.82) is 0 Å². The van der Waals surface area contributed by atoms with Crippen molar-refractivity contribution < 1.29 is 9.18 Å². The van der Waals surface area contributed by atoms with Gasteiger partial charge in [0.15, 0.2) is 0 Å². The molecule has 18 heavy (non-hydrogen) atoms. The summed E-state index contributed by atoms with van der Waals surface area (Å²) in [5.74, 6) is -0.0309. The third-order valence-electron chi connectivity index (χ3n) is 3.08. The fourth-order valence-electron chi connectivity index (χ4n) is 2.15. The van der Waals surface area contributed by atoms with Crippen LogP contribution in [0.2, 0.25) is 0 Å². The van der Waals surface area contributed by atoms with Crippen LogP contribution < -0.4 is 10.6 Å². The Hall–Kier alpha value is -0.940. The van der Waals surface area contributed by atoms with Crippen LogP contribution in [-0.4, -0.2) is 19.0 Å². The van der Waals surface area contributed by atoms with Crippen LogP contribution in [0.15, 0.2) is 22.7 Å². The molecule has 1 unspecified atom stereocenters. The third kappa shape index (κ3) is 3.78. The van der Waals surface area contributed by atoms with Gasteiger partial charge in [-0.25, -0.2) is 4.39 Å². The maximum Gasteiger partial charge on any atom is 0.224 e. The fourth-order valence-corrected chi connectivity index (χ4v) is 2.39. The van der Waals surface area contributed by atoms with Crippen molar-refractivity contribution in [3.05, 3.63) is 28.5 Å². The van der Waals surface area contributed by atoms with Gasteiger partial charge in [0.1, 0.15) is 5.82 Å². The average Bonchev–Trinajstić information content (AvgIpc) is 2.35. The lowest BCUT2D eigenvalue weighted by Gasteiger charge is -2.22. The summed E-state index contributed by atoms with van der Waals surface area (Å²) in [5, 5.41) is 6.00. The Kier molecular flexibility index (Phi) is 4.72. The van der Waals surface area contributed by atoms with E-state index in [9.17, 15) is 9.18 Å². The Bertz CT molecular complexity index is 433. The molecule has 98 valence electrons. The van der Waals surface area contributed by atoms with Crippen molar-refractivity contribution in [2.75, 3.05) is 18.4 Å². The van der Waals surface area contributed by atoms with Crippen LogP contribution in [-0.2, 0) is 4.79 Å². The minimum atomic E-state index is -0.368. The number of carbonyl (C=O) groups is 1. The van der Waals surface area contributed by atoms with Gasteiger partial charge in [-0.15, -0.1) is 0 Å². The van der Waals surface area contributed by atoms with Crippen molar-refractivity contribution >= 4 is 27.5 Å². The molecule has 2 rings (SSSR count). The van der Waals surface area contributed by atoms with Crippen molar-refractivity contribution in [3.8, 4) is 0 Å². The summed E-state index contributed by atoms with van der Waals surface area (Å²) in [5.41, 5.74) is 0.504. The summed E-state index contributed by atoms with van der Waals surface area (Å²) in [6.07, 6.45) is 2.69. The van der Waals surface area contributed by atoms with E-state index in [0.29, 0.717) is 22.5 Å². The molecule has 1 aromatic rings. The molecule has 0 spiro atoms. The smallest absolute Gasteiger partial charge is 0.224 e. The van der Waals surface area contributed by atoms with E-state index >= 15 is 0 Å². The van der Waals surface area contributed by atoms with E-state index in [2.05, 4.69) is 26.6 Å². The fraction of sp³-hybridized carbons (Fsp3) is 0.462. The zero-order chi connectivity index (χ0) is 13.0. The van der Waals surface area contributed by atoms with Gasteiger partial charge >= 0.3 is 0 Å². The molecular weight excluding hydrogens is 299 g/mol. The number of hydrogen-bond donors (Lipinski definition) is 2. The normalized spacial score (nSPS) is 19.6. The predicted octanol–water partition coefficient (Wildman–Crippen LogP) is 2.92. The second-order valence-electron chi connectivity index (χ2n) is 4.59. The maximum absolute atomic E-state index is 13.3. The van der Waals surface area contributed by atoms with E-state index < -0.39 is 0 Å². The van der Waals surface area contributed by atoms with Crippen molar-refractivity contribution in [2.24, 2.45) is 5.92 Å². The first kappa shape index (κ1) is 13.5. The summed E-state index contributed by atoms with van der Waals surface area (Å²) < 4.78 is 13.7. The number of amides is 1. The van der Waals surface area contributed by atoms with Crippen LogP contribution >= 0.6 is 15.9 Å². The number of halogens is 2. The number of carbonyl (C=O) groups excluding carboxylic acids is 1. The van der Waals surface area contributed by atoms with E-state index in [4.69, 9.17) is 0 Å². The molecular formula is C13H16BrFN2O. The van der Waals surface area contributed by atoms with Gasteiger partial charge in [-0.2, -0.15) is 0 Å². The molecule has 3 nitrogen and oxygen atoms in total. The van der Waals surface area contributed by atoms with Crippen molar-refractivity contribution in [3.63, 3.8) is 0 Å². The average molecular weight is 315 g/mol. The minimum absolute atomic E-state index is 0.0505. The molecule has 5 heteroatoms. The molecule has 1 aromatic carbocycles. The first-order valence-electron chi connectivity index (χ1n) is 6.11. The second kappa shape index (κ2) is 6.29. The highest BCUT2D eigenvalue weighted by atomic mass is 79.9. The molecule has 1 aliphatic rings. The summed E-state index contributed by atoms with van der Waals surface area (Å²) in [7, 11) is 0. The summed E-state index contributed by atoms with van der Waals surface area (Å²) in [6.45, 7) is 1.93. The molecule has 0 aliphatic carbocycles. The maximum atomic E-state index is 13.3. The zero-order valence-corrected chi connectivity index (χ0v) is 11.6. The van der Waals surface area contributed by atoms with Gasteiger partial charge in [0.25, 0.3) is 0 Å². The number of nitrogens with one attached hydrogen (secondary N) is 2. The summed E-state index contributed by atoms with van der Waals surface area (Å²) >= 11 is 3.08. The van der Waals surface area contributed by atoms with Gasteiger partial charge in [0.05, 0.1) is 4.47 Å². The van der Waals surface area contributed by atoms with Crippen LogP contribution in [0.3, 0.4) is 0 Å². The lowest BCUT2D eigenvalue weighted by atomic mass is 9.96. The standard InChI is InChI=1S/C13H16BrFN2O/c14-11-4-3-10(7-12(11)15)17-13(18)6-9-2-1-5-16-8-9/h3-4,7,9,16H,1-2,5-6,8H2,(H,17,18). The summed E-state index contributed by atoms with van der Waals surface area (Å²) in [6, 6.07) is 4.60. The molecule has 0 aromatic heterocycles. The molecule has 1 heterocycles.